The Balaban J connectivity index is 2.13. The fourth-order valence-electron chi connectivity index (χ4n) is 1.76. The molecule has 0 unspecified atom stereocenters. The maximum absolute atomic E-state index is 5.77. The minimum atomic E-state index is -0.322. The van der Waals surface area contributed by atoms with Gasteiger partial charge < -0.3 is 19.9 Å². The van der Waals surface area contributed by atoms with Gasteiger partial charge in [0.15, 0.2) is 6.29 Å². The third-order valence-electron chi connectivity index (χ3n) is 2.78. The standard InChI is InChI=1S/C13H19NO3/c1-13(2)7-16-12(17-8-13)9-4-5-10(14)11(6-9)15-3/h4-6,12H,7-8,14H2,1-3H3. The molecule has 0 bridgehead atoms. The molecule has 1 saturated heterocycles. The summed E-state index contributed by atoms with van der Waals surface area (Å²) in [5.41, 5.74) is 7.40. The van der Waals surface area contributed by atoms with Gasteiger partial charge in [0, 0.05) is 11.0 Å². The summed E-state index contributed by atoms with van der Waals surface area (Å²) in [5, 5.41) is 0. The van der Waals surface area contributed by atoms with Gasteiger partial charge in [-0.25, -0.2) is 0 Å². The van der Waals surface area contributed by atoms with E-state index in [0.29, 0.717) is 24.7 Å². The summed E-state index contributed by atoms with van der Waals surface area (Å²) in [4.78, 5) is 0. The van der Waals surface area contributed by atoms with E-state index in [2.05, 4.69) is 13.8 Å². The zero-order valence-corrected chi connectivity index (χ0v) is 10.5. The van der Waals surface area contributed by atoms with Gasteiger partial charge in [0.05, 0.1) is 26.0 Å². The lowest BCUT2D eigenvalue weighted by atomic mass is 9.95. The smallest absolute Gasteiger partial charge is 0.183 e. The molecule has 1 aromatic carbocycles. The Morgan fingerprint density at radius 3 is 2.53 bits per heavy atom. The van der Waals surface area contributed by atoms with Gasteiger partial charge in [-0.05, 0) is 12.1 Å². The van der Waals surface area contributed by atoms with Gasteiger partial charge in [0.1, 0.15) is 5.75 Å². The van der Waals surface area contributed by atoms with Crippen LogP contribution in [0.2, 0.25) is 0 Å². The average Bonchev–Trinajstić information content (AvgIpc) is 2.30. The van der Waals surface area contributed by atoms with Gasteiger partial charge >= 0.3 is 0 Å². The Kier molecular flexibility index (Phi) is 3.26. The number of ether oxygens (including phenoxy) is 3. The molecular formula is C13H19NO3. The summed E-state index contributed by atoms with van der Waals surface area (Å²) in [5.74, 6) is 0.652. The van der Waals surface area contributed by atoms with Crippen LogP contribution < -0.4 is 10.5 Å². The second-order valence-electron chi connectivity index (χ2n) is 5.12. The van der Waals surface area contributed by atoms with Crippen LogP contribution in [0.3, 0.4) is 0 Å². The van der Waals surface area contributed by atoms with Crippen molar-refractivity contribution in [1.82, 2.24) is 0 Å². The van der Waals surface area contributed by atoms with E-state index >= 15 is 0 Å². The van der Waals surface area contributed by atoms with E-state index in [-0.39, 0.29) is 11.7 Å². The average molecular weight is 237 g/mol. The van der Waals surface area contributed by atoms with E-state index < -0.39 is 0 Å². The molecule has 4 nitrogen and oxygen atoms in total. The molecule has 0 aliphatic carbocycles. The molecule has 1 heterocycles. The number of methoxy groups -OCH3 is 1. The maximum Gasteiger partial charge on any atom is 0.183 e. The third kappa shape index (κ3) is 2.70. The number of hydrogen-bond donors (Lipinski definition) is 1. The van der Waals surface area contributed by atoms with Crippen molar-refractivity contribution in [3.63, 3.8) is 0 Å². The summed E-state index contributed by atoms with van der Waals surface area (Å²) < 4.78 is 16.6. The topological polar surface area (TPSA) is 53.7 Å². The second kappa shape index (κ2) is 4.55. The molecular weight excluding hydrogens is 218 g/mol. The second-order valence-corrected chi connectivity index (χ2v) is 5.12. The zero-order valence-electron chi connectivity index (χ0n) is 10.5. The highest BCUT2D eigenvalue weighted by molar-refractivity contribution is 5.54. The molecule has 0 aromatic heterocycles. The monoisotopic (exact) mass is 237 g/mol. The fourth-order valence-corrected chi connectivity index (χ4v) is 1.76. The van der Waals surface area contributed by atoms with Crippen molar-refractivity contribution in [3.8, 4) is 5.75 Å². The van der Waals surface area contributed by atoms with Crippen LogP contribution in [-0.4, -0.2) is 20.3 Å². The third-order valence-corrected chi connectivity index (χ3v) is 2.78. The molecule has 1 aliphatic rings. The van der Waals surface area contributed by atoms with Gasteiger partial charge in [0.2, 0.25) is 0 Å². The minimum Gasteiger partial charge on any atom is -0.495 e. The lowest BCUT2D eigenvalue weighted by Gasteiger charge is -2.34. The quantitative estimate of drug-likeness (QED) is 0.802. The van der Waals surface area contributed by atoms with Crippen LogP contribution in [0.15, 0.2) is 18.2 Å². The first-order valence-electron chi connectivity index (χ1n) is 5.68. The highest BCUT2D eigenvalue weighted by atomic mass is 16.7. The first kappa shape index (κ1) is 12.2. The van der Waals surface area contributed by atoms with Crippen molar-refractivity contribution in [2.24, 2.45) is 5.41 Å². The highest BCUT2D eigenvalue weighted by Crippen LogP contribution is 2.33. The molecule has 0 amide bonds. The van der Waals surface area contributed by atoms with Gasteiger partial charge in [-0.2, -0.15) is 0 Å². The van der Waals surface area contributed by atoms with Crippen molar-refractivity contribution in [3.05, 3.63) is 23.8 Å². The summed E-state index contributed by atoms with van der Waals surface area (Å²) in [7, 11) is 1.60. The molecule has 0 radical (unpaired) electrons. The fraction of sp³-hybridized carbons (Fsp3) is 0.538. The first-order valence-corrected chi connectivity index (χ1v) is 5.68. The normalized spacial score (nSPS) is 20.2. The van der Waals surface area contributed by atoms with Gasteiger partial charge in [-0.3, -0.25) is 0 Å². The Morgan fingerprint density at radius 1 is 1.29 bits per heavy atom. The van der Waals surface area contributed by atoms with Crippen LogP contribution in [0, 0.1) is 5.41 Å². The van der Waals surface area contributed by atoms with Crippen LogP contribution in [0.1, 0.15) is 25.7 Å². The molecule has 2 rings (SSSR count). The molecule has 1 fully saturated rings. The van der Waals surface area contributed by atoms with Crippen LogP contribution in [0.5, 0.6) is 5.75 Å². The Hall–Kier alpha value is -1.26. The molecule has 1 aliphatic heterocycles. The first-order chi connectivity index (χ1) is 8.02. The molecule has 1 aromatic rings. The molecule has 17 heavy (non-hydrogen) atoms. The predicted molar refractivity (Wildman–Crippen MR) is 65.8 cm³/mol. The SMILES string of the molecule is COc1cc(C2OCC(C)(C)CO2)ccc1N. The van der Waals surface area contributed by atoms with Crippen LogP contribution >= 0.6 is 0 Å². The molecule has 0 spiro atoms. The summed E-state index contributed by atoms with van der Waals surface area (Å²) in [6.45, 7) is 5.61. The van der Waals surface area contributed by atoms with E-state index in [0.717, 1.165) is 5.56 Å². The predicted octanol–water partition coefficient (Wildman–Crippen LogP) is 2.35. The highest BCUT2D eigenvalue weighted by Gasteiger charge is 2.29. The number of nitrogen functional groups attached to an aromatic ring is 1. The molecule has 94 valence electrons. The summed E-state index contributed by atoms with van der Waals surface area (Å²) >= 11 is 0. The number of hydrogen-bond acceptors (Lipinski definition) is 4. The Morgan fingerprint density at radius 2 is 1.94 bits per heavy atom. The van der Waals surface area contributed by atoms with Crippen LogP contribution in [0.4, 0.5) is 5.69 Å². The van der Waals surface area contributed by atoms with Crippen LogP contribution in [0.25, 0.3) is 0 Å². The van der Waals surface area contributed by atoms with Crippen molar-refractivity contribution in [1.29, 1.82) is 0 Å². The van der Waals surface area contributed by atoms with Crippen molar-refractivity contribution in [2.75, 3.05) is 26.1 Å². The maximum atomic E-state index is 5.77. The van der Waals surface area contributed by atoms with E-state index in [4.69, 9.17) is 19.9 Å². The van der Waals surface area contributed by atoms with E-state index in [1.165, 1.54) is 0 Å². The Labute approximate surface area is 102 Å². The zero-order chi connectivity index (χ0) is 12.5. The number of rotatable bonds is 2. The van der Waals surface area contributed by atoms with Gasteiger partial charge in [0.25, 0.3) is 0 Å². The van der Waals surface area contributed by atoms with Gasteiger partial charge in [-0.15, -0.1) is 0 Å². The number of anilines is 1. The minimum absolute atomic E-state index is 0.0778. The lowest BCUT2D eigenvalue weighted by Crippen LogP contribution is -2.33. The van der Waals surface area contributed by atoms with Crippen LogP contribution in [-0.2, 0) is 9.47 Å². The molecule has 2 N–H and O–H groups in total. The Bertz CT molecular complexity index is 394. The summed E-state index contributed by atoms with van der Waals surface area (Å²) in [6, 6.07) is 5.57. The molecule has 0 atom stereocenters. The van der Waals surface area contributed by atoms with E-state index in [9.17, 15) is 0 Å². The number of nitrogens with two attached hydrogens (primary N) is 1. The lowest BCUT2D eigenvalue weighted by molar-refractivity contribution is -0.226. The van der Waals surface area contributed by atoms with Crippen molar-refractivity contribution < 1.29 is 14.2 Å². The van der Waals surface area contributed by atoms with E-state index in [1.54, 1.807) is 13.2 Å². The van der Waals surface area contributed by atoms with Gasteiger partial charge in [-0.1, -0.05) is 19.9 Å². The summed E-state index contributed by atoms with van der Waals surface area (Å²) in [6.07, 6.45) is -0.322. The molecule has 0 saturated carbocycles. The molecule has 4 heteroatoms. The van der Waals surface area contributed by atoms with Crippen molar-refractivity contribution >= 4 is 5.69 Å². The largest absolute Gasteiger partial charge is 0.495 e. The van der Waals surface area contributed by atoms with E-state index in [1.807, 2.05) is 12.1 Å². The van der Waals surface area contributed by atoms with Crippen molar-refractivity contribution in [2.45, 2.75) is 20.1 Å². The number of benzene rings is 1.